The van der Waals surface area contributed by atoms with Gasteiger partial charge in [-0.1, -0.05) is 44.2 Å². The van der Waals surface area contributed by atoms with Crippen LogP contribution in [0.4, 0.5) is 4.79 Å². The van der Waals surface area contributed by atoms with Crippen molar-refractivity contribution in [2.24, 2.45) is 0 Å². The number of aryl methyl sites for hydroxylation is 1. The van der Waals surface area contributed by atoms with Gasteiger partial charge in [0.25, 0.3) is 11.5 Å². The number of amides is 3. The first kappa shape index (κ1) is 22.8. The van der Waals surface area contributed by atoms with Gasteiger partial charge in [-0.25, -0.2) is 9.48 Å². The van der Waals surface area contributed by atoms with Crippen LogP contribution >= 0.6 is 0 Å². The standard InChI is InChI=1S/C26H25N5O3/c1-15(2)23-20(24(32)31(29-23)22-11-7-8-16(3)17(22)4)12-21-25(33)30(26(34)28-21)14-19-10-6-5-9-18(19)13-27/h5-12,15,29H,14H2,1-4H3,(H,28,34)/b21-12-. The Bertz CT molecular complexity index is 1440. The van der Waals surface area contributed by atoms with Gasteiger partial charge in [-0.2, -0.15) is 5.26 Å². The summed E-state index contributed by atoms with van der Waals surface area (Å²) in [5, 5.41) is 15.1. The maximum Gasteiger partial charge on any atom is 0.329 e. The lowest BCUT2D eigenvalue weighted by Crippen LogP contribution is -2.30. The van der Waals surface area contributed by atoms with Crippen LogP contribution in [-0.4, -0.2) is 26.6 Å². The van der Waals surface area contributed by atoms with E-state index in [0.29, 0.717) is 22.4 Å². The van der Waals surface area contributed by atoms with Crippen LogP contribution in [0, 0.1) is 25.2 Å². The topological polar surface area (TPSA) is 111 Å². The van der Waals surface area contributed by atoms with Crippen LogP contribution in [0.1, 0.15) is 53.3 Å². The van der Waals surface area contributed by atoms with E-state index in [2.05, 4.69) is 16.5 Å². The highest BCUT2D eigenvalue weighted by Crippen LogP contribution is 2.23. The number of carbonyl (C=O) groups excluding carboxylic acids is 2. The molecule has 2 N–H and O–H groups in total. The van der Waals surface area contributed by atoms with Gasteiger partial charge in [-0.15, -0.1) is 0 Å². The maximum atomic E-state index is 13.4. The third kappa shape index (κ3) is 3.92. The zero-order valence-corrected chi connectivity index (χ0v) is 19.5. The van der Waals surface area contributed by atoms with Gasteiger partial charge in [0.2, 0.25) is 0 Å². The fraction of sp³-hybridized carbons (Fsp3) is 0.231. The Labute approximate surface area is 197 Å². The molecule has 8 nitrogen and oxygen atoms in total. The number of nitrogens with zero attached hydrogens (tertiary/aromatic N) is 3. The van der Waals surface area contributed by atoms with Crippen molar-refractivity contribution in [3.8, 4) is 11.8 Å². The van der Waals surface area contributed by atoms with Crippen LogP contribution < -0.4 is 10.9 Å². The van der Waals surface area contributed by atoms with E-state index in [0.717, 1.165) is 21.7 Å². The molecule has 0 saturated carbocycles. The second kappa shape index (κ2) is 8.87. The number of urea groups is 1. The Hall–Kier alpha value is -4.38. The number of H-pyrrole nitrogens is 1. The largest absolute Gasteiger partial charge is 0.329 e. The molecule has 0 aliphatic carbocycles. The predicted octanol–water partition coefficient (Wildman–Crippen LogP) is 3.87. The molecule has 3 aromatic rings. The monoisotopic (exact) mass is 455 g/mol. The summed E-state index contributed by atoms with van der Waals surface area (Å²) >= 11 is 0. The second-order valence-corrected chi connectivity index (χ2v) is 8.60. The molecule has 1 fully saturated rings. The third-order valence-corrected chi connectivity index (χ3v) is 6.07. The molecule has 0 radical (unpaired) electrons. The Morgan fingerprint density at radius 2 is 1.79 bits per heavy atom. The Morgan fingerprint density at radius 1 is 1.06 bits per heavy atom. The number of benzene rings is 2. The van der Waals surface area contributed by atoms with Gasteiger partial charge in [-0.3, -0.25) is 19.6 Å². The van der Waals surface area contributed by atoms with E-state index in [-0.39, 0.29) is 23.7 Å². The van der Waals surface area contributed by atoms with E-state index in [1.807, 2.05) is 45.9 Å². The maximum absolute atomic E-state index is 13.4. The minimum atomic E-state index is -0.597. The van der Waals surface area contributed by atoms with Gasteiger partial charge in [0.15, 0.2) is 0 Å². The first-order valence-electron chi connectivity index (χ1n) is 11.0. The van der Waals surface area contributed by atoms with Crippen molar-refractivity contribution in [1.29, 1.82) is 5.26 Å². The molecule has 3 amide bonds. The van der Waals surface area contributed by atoms with E-state index in [4.69, 9.17) is 0 Å². The van der Waals surface area contributed by atoms with Crippen LogP contribution in [0.3, 0.4) is 0 Å². The highest BCUT2D eigenvalue weighted by molar-refractivity contribution is 6.14. The van der Waals surface area contributed by atoms with Crippen molar-refractivity contribution in [3.05, 3.63) is 92.0 Å². The number of hydrogen-bond acceptors (Lipinski definition) is 4. The molecule has 1 aliphatic heterocycles. The smallest absolute Gasteiger partial charge is 0.303 e. The lowest BCUT2D eigenvalue weighted by Gasteiger charge is -2.12. The van der Waals surface area contributed by atoms with Crippen molar-refractivity contribution in [2.75, 3.05) is 0 Å². The normalized spacial score (nSPS) is 14.7. The number of nitrogens with one attached hydrogen (secondary N) is 2. The third-order valence-electron chi connectivity index (χ3n) is 6.07. The predicted molar refractivity (Wildman–Crippen MR) is 128 cm³/mol. The molecule has 1 aromatic heterocycles. The molecular formula is C26H25N5O3. The van der Waals surface area contributed by atoms with Crippen molar-refractivity contribution in [3.63, 3.8) is 0 Å². The molecule has 8 heteroatoms. The number of aromatic nitrogens is 2. The van der Waals surface area contributed by atoms with E-state index >= 15 is 0 Å². The van der Waals surface area contributed by atoms with Gasteiger partial charge in [-0.05, 0) is 54.7 Å². The first-order valence-corrected chi connectivity index (χ1v) is 11.0. The summed E-state index contributed by atoms with van der Waals surface area (Å²) in [6, 6.07) is 14.0. The van der Waals surface area contributed by atoms with E-state index in [1.54, 1.807) is 24.3 Å². The zero-order chi connectivity index (χ0) is 24.6. The molecule has 2 heterocycles. The van der Waals surface area contributed by atoms with Crippen molar-refractivity contribution < 1.29 is 9.59 Å². The number of imide groups is 1. The summed E-state index contributed by atoms with van der Waals surface area (Å²) in [7, 11) is 0. The average molecular weight is 456 g/mol. The summed E-state index contributed by atoms with van der Waals surface area (Å²) < 4.78 is 1.48. The van der Waals surface area contributed by atoms with Gasteiger partial charge in [0.05, 0.1) is 29.4 Å². The fourth-order valence-corrected chi connectivity index (χ4v) is 3.99. The van der Waals surface area contributed by atoms with Crippen molar-refractivity contribution in [1.82, 2.24) is 20.0 Å². The lowest BCUT2D eigenvalue weighted by atomic mass is 10.1. The zero-order valence-electron chi connectivity index (χ0n) is 19.5. The Morgan fingerprint density at radius 3 is 2.50 bits per heavy atom. The average Bonchev–Trinajstić information content (AvgIpc) is 3.27. The molecular weight excluding hydrogens is 430 g/mol. The highest BCUT2D eigenvalue weighted by Gasteiger charge is 2.34. The quantitative estimate of drug-likeness (QED) is 0.449. The van der Waals surface area contributed by atoms with Gasteiger partial charge in [0, 0.05) is 5.69 Å². The Kier molecular flexibility index (Phi) is 5.95. The summed E-state index contributed by atoms with van der Waals surface area (Å²) in [5.41, 5.74) is 4.40. The summed E-state index contributed by atoms with van der Waals surface area (Å²) in [4.78, 5) is 40.1. The molecule has 0 spiro atoms. The number of aromatic amines is 1. The Balaban J connectivity index is 1.74. The number of hydrogen-bond donors (Lipinski definition) is 2. The lowest BCUT2D eigenvalue weighted by molar-refractivity contribution is -0.123. The van der Waals surface area contributed by atoms with Gasteiger partial charge in [0.1, 0.15) is 5.70 Å². The number of nitriles is 1. The van der Waals surface area contributed by atoms with Gasteiger partial charge < -0.3 is 5.32 Å². The fourth-order valence-electron chi connectivity index (χ4n) is 3.99. The first-order chi connectivity index (χ1) is 16.2. The molecule has 1 aliphatic rings. The molecule has 34 heavy (non-hydrogen) atoms. The van der Waals surface area contributed by atoms with Crippen LogP contribution in [0.25, 0.3) is 11.8 Å². The molecule has 4 rings (SSSR count). The van der Waals surface area contributed by atoms with Crippen molar-refractivity contribution in [2.45, 2.75) is 40.2 Å². The molecule has 0 atom stereocenters. The summed E-state index contributed by atoms with van der Waals surface area (Å²) in [6.07, 6.45) is 1.44. The molecule has 2 aromatic carbocycles. The SMILES string of the molecule is Cc1cccc(-n2[nH]c(C(C)C)c(/C=C3\NC(=O)N(Cc4ccccc4C#N)C3=O)c2=O)c1C. The molecule has 0 unspecified atom stereocenters. The van der Waals surface area contributed by atoms with Crippen LogP contribution in [0.15, 0.2) is 53.0 Å². The minimum absolute atomic E-state index is 0.0190. The molecule has 0 bridgehead atoms. The van der Waals surface area contributed by atoms with Gasteiger partial charge >= 0.3 is 6.03 Å². The van der Waals surface area contributed by atoms with Crippen molar-refractivity contribution >= 4 is 18.0 Å². The molecule has 172 valence electrons. The number of carbonyl (C=O) groups is 2. The molecule has 1 saturated heterocycles. The summed E-state index contributed by atoms with van der Waals surface area (Å²) in [5.74, 6) is -0.580. The van der Waals surface area contributed by atoms with Crippen LogP contribution in [0.5, 0.6) is 0 Å². The highest BCUT2D eigenvalue weighted by atomic mass is 16.2. The van der Waals surface area contributed by atoms with Crippen LogP contribution in [-0.2, 0) is 11.3 Å². The van der Waals surface area contributed by atoms with Crippen LogP contribution in [0.2, 0.25) is 0 Å². The van der Waals surface area contributed by atoms with E-state index in [9.17, 15) is 19.6 Å². The summed E-state index contributed by atoms with van der Waals surface area (Å²) in [6.45, 7) is 7.78. The van der Waals surface area contributed by atoms with E-state index < -0.39 is 11.9 Å². The number of rotatable bonds is 5. The second-order valence-electron chi connectivity index (χ2n) is 8.60. The van der Waals surface area contributed by atoms with E-state index in [1.165, 1.54) is 10.8 Å². The minimum Gasteiger partial charge on any atom is -0.303 e.